The number of aliphatic hydroxyl groups is 1. The number of allylic oxidation sites excluding steroid dienone is 3. The maximum Gasteiger partial charge on any atom is 0.337 e. The summed E-state index contributed by atoms with van der Waals surface area (Å²) < 4.78 is 11.7. The molecule has 134 valence electrons. The number of rotatable bonds is 3. The third-order valence-corrected chi connectivity index (χ3v) is 11.2. The van der Waals surface area contributed by atoms with Gasteiger partial charge in [0.25, 0.3) is 0 Å². The van der Waals surface area contributed by atoms with Crippen molar-refractivity contribution in [2.45, 2.75) is 57.8 Å². The molecular formula is C19H30O4Si. The Morgan fingerprint density at radius 2 is 1.88 bits per heavy atom. The van der Waals surface area contributed by atoms with Gasteiger partial charge in [0.1, 0.15) is 5.76 Å². The quantitative estimate of drug-likeness (QED) is 0.471. The molecule has 5 atom stereocenters. The second-order valence-electron chi connectivity index (χ2n) is 9.03. The van der Waals surface area contributed by atoms with Crippen LogP contribution in [-0.2, 0) is 14.0 Å². The zero-order valence-corrected chi connectivity index (χ0v) is 16.6. The number of hydrogen-bond acceptors (Lipinski definition) is 4. The van der Waals surface area contributed by atoms with Crippen LogP contribution in [0.4, 0.5) is 0 Å². The summed E-state index contributed by atoms with van der Waals surface area (Å²) in [4.78, 5) is 12.2. The molecule has 0 aromatic heterocycles. The Morgan fingerprint density at radius 1 is 1.25 bits per heavy atom. The fourth-order valence-corrected chi connectivity index (χ4v) is 5.73. The van der Waals surface area contributed by atoms with Crippen molar-refractivity contribution in [1.82, 2.24) is 0 Å². The fraction of sp³-hybridized carbons (Fsp3) is 0.737. The van der Waals surface area contributed by atoms with Crippen LogP contribution in [0.15, 0.2) is 23.5 Å². The molecule has 2 bridgehead atoms. The van der Waals surface area contributed by atoms with Crippen LogP contribution < -0.4 is 0 Å². The van der Waals surface area contributed by atoms with E-state index in [4.69, 9.17) is 9.16 Å². The van der Waals surface area contributed by atoms with Gasteiger partial charge in [0, 0.05) is 18.3 Å². The summed E-state index contributed by atoms with van der Waals surface area (Å²) >= 11 is 0. The van der Waals surface area contributed by atoms with Gasteiger partial charge in [-0.3, -0.25) is 0 Å². The highest BCUT2D eigenvalue weighted by Gasteiger charge is 2.55. The molecular weight excluding hydrogens is 320 g/mol. The van der Waals surface area contributed by atoms with E-state index < -0.39 is 14.3 Å². The van der Waals surface area contributed by atoms with Gasteiger partial charge in [-0.25, -0.2) is 4.79 Å². The van der Waals surface area contributed by atoms with Gasteiger partial charge in [0.05, 0.1) is 18.8 Å². The molecule has 0 saturated heterocycles. The molecule has 4 nitrogen and oxygen atoms in total. The van der Waals surface area contributed by atoms with E-state index in [0.29, 0.717) is 23.8 Å². The summed E-state index contributed by atoms with van der Waals surface area (Å²) in [5.41, 5.74) is 0.420. The molecule has 0 amide bonds. The molecule has 0 spiro atoms. The van der Waals surface area contributed by atoms with Crippen LogP contribution in [0, 0.1) is 23.7 Å². The van der Waals surface area contributed by atoms with E-state index in [1.54, 1.807) is 0 Å². The third kappa shape index (κ3) is 2.66. The summed E-state index contributed by atoms with van der Waals surface area (Å²) in [6, 6.07) is 0. The van der Waals surface area contributed by atoms with Gasteiger partial charge in [0.15, 0.2) is 8.32 Å². The van der Waals surface area contributed by atoms with Crippen molar-refractivity contribution in [2.24, 2.45) is 23.7 Å². The number of hydrogen-bond donors (Lipinski definition) is 1. The highest BCUT2D eigenvalue weighted by Crippen LogP contribution is 2.56. The maximum atomic E-state index is 12.2. The smallest absolute Gasteiger partial charge is 0.337 e. The molecule has 3 rings (SSSR count). The van der Waals surface area contributed by atoms with Crippen LogP contribution in [0.25, 0.3) is 0 Å². The first-order valence-corrected chi connectivity index (χ1v) is 11.8. The SMILES string of the molecule is COC(=O)C1=C(O)[C@H]2[C@H]([C@H]3C=C[C@@H]2C3)[C@H](O[Si](C)(C)C(C)(C)C)C1. The average molecular weight is 351 g/mol. The van der Waals surface area contributed by atoms with Gasteiger partial charge in [-0.1, -0.05) is 32.9 Å². The Hall–Kier alpha value is -1.07. The van der Waals surface area contributed by atoms with Crippen molar-refractivity contribution < 1.29 is 19.1 Å². The lowest BCUT2D eigenvalue weighted by atomic mass is 9.72. The second kappa shape index (κ2) is 5.73. The standard InChI is InChI=1S/C19H30O4Si/c1-19(2,3)24(5,6)23-14-10-13(18(21)22-4)17(20)16-12-8-7-11(9-12)15(14)16/h7-8,11-12,14-16,20H,9-10H2,1-6H3/t11-,12+,14+,15+,16+/m0/s1. The largest absolute Gasteiger partial charge is 0.511 e. The first kappa shape index (κ1) is 17.7. The van der Waals surface area contributed by atoms with E-state index in [0.717, 1.165) is 6.42 Å². The lowest BCUT2D eigenvalue weighted by Gasteiger charge is -2.45. The minimum absolute atomic E-state index is 0.0117. The first-order valence-electron chi connectivity index (χ1n) is 8.93. The van der Waals surface area contributed by atoms with Crippen LogP contribution >= 0.6 is 0 Å². The maximum absolute atomic E-state index is 12.2. The molecule has 3 aliphatic carbocycles. The first-order chi connectivity index (χ1) is 11.1. The van der Waals surface area contributed by atoms with E-state index in [1.807, 2.05) is 0 Å². The fourth-order valence-electron chi connectivity index (χ4n) is 4.38. The van der Waals surface area contributed by atoms with Crippen molar-refractivity contribution in [2.75, 3.05) is 7.11 Å². The zero-order valence-electron chi connectivity index (χ0n) is 15.6. The van der Waals surface area contributed by atoms with Crippen molar-refractivity contribution in [3.05, 3.63) is 23.5 Å². The molecule has 1 saturated carbocycles. The molecule has 0 aliphatic heterocycles. The van der Waals surface area contributed by atoms with Crippen LogP contribution in [0.2, 0.25) is 18.1 Å². The minimum Gasteiger partial charge on any atom is -0.511 e. The van der Waals surface area contributed by atoms with E-state index >= 15 is 0 Å². The van der Waals surface area contributed by atoms with E-state index in [-0.39, 0.29) is 28.7 Å². The van der Waals surface area contributed by atoms with Crippen molar-refractivity contribution in [3.8, 4) is 0 Å². The minimum atomic E-state index is -1.96. The van der Waals surface area contributed by atoms with Crippen molar-refractivity contribution in [3.63, 3.8) is 0 Å². The summed E-state index contributed by atoms with van der Waals surface area (Å²) in [7, 11) is -0.583. The Kier molecular flexibility index (Phi) is 4.24. The molecule has 0 heterocycles. The molecule has 1 fully saturated rings. The Balaban J connectivity index is 1.96. The third-order valence-electron chi connectivity index (χ3n) is 6.66. The van der Waals surface area contributed by atoms with Gasteiger partial charge < -0.3 is 14.3 Å². The molecule has 0 aromatic carbocycles. The lowest BCUT2D eigenvalue weighted by molar-refractivity contribution is -0.137. The second-order valence-corrected chi connectivity index (χ2v) is 13.8. The molecule has 3 aliphatic rings. The molecule has 1 N–H and O–H groups in total. The summed E-state index contributed by atoms with van der Waals surface area (Å²) in [5.74, 6) is 0.905. The number of esters is 1. The molecule has 0 radical (unpaired) electrons. The monoisotopic (exact) mass is 350 g/mol. The van der Waals surface area contributed by atoms with E-state index in [9.17, 15) is 9.90 Å². The van der Waals surface area contributed by atoms with Gasteiger partial charge in [-0.05, 0) is 36.4 Å². The van der Waals surface area contributed by atoms with Crippen LogP contribution in [0.3, 0.4) is 0 Å². The van der Waals surface area contributed by atoms with Crippen molar-refractivity contribution >= 4 is 14.3 Å². The number of methoxy groups -OCH3 is 1. The lowest BCUT2D eigenvalue weighted by Crippen LogP contribution is -2.49. The van der Waals surface area contributed by atoms with E-state index in [1.165, 1.54) is 7.11 Å². The van der Waals surface area contributed by atoms with Gasteiger partial charge in [0.2, 0.25) is 0 Å². The topological polar surface area (TPSA) is 55.8 Å². The Morgan fingerprint density at radius 3 is 2.46 bits per heavy atom. The average Bonchev–Trinajstić information content (AvgIpc) is 3.09. The van der Waals surface area contributed by atoms with Crippen LogP contribution in [0.5, 0.6) is 0 Å². The summed E-state index contributed by atoms with van der Waals surface area (Å²) in [6.07, 6.45) is 5.99. The van der Waals surface area contributed by atoms with Crippen molar-refractivity contribution in [1.29, 1.82) is 0 Å². The molecule has 0 aromatic rings. The zero-order chi connectivity index (χ0) is 17.9. The predicted molar refractivity (Wildman–Crippen MR) is 96.1 cm³/mol. The molecule has 5 heteroatoms. The van der Waals surface area contributed by atoms with Crippen LogP contribution in [-0.4, -0.2) is 32.6 Å². The number of ether oxygens (including phenoxy) is 1. The number of fused-ring (bicyclic) bond motifs is 5. The number of carbonyl (C=O) groups excluding carboxylic acids is 1. The Labute approximate surface area is 146 Å². The number of carbonyl (C=O) groups is 1. The normalized spacial score (nSPS) is 35.3. The Bertz CT molecular complexity index is 599. The molecule has 0 unspecified atom stereocenters. The summed E-state index contributed by atoms with van der Waals surface area (Å²) in [5, 5.41) is 10.9. The number of aliphatic hydroxyl groups excluding tert-OH is 1. The summed E-state index contributed by atoms with van der Waals surface area (Å²) in [6.45, 7) is 11.2. The van der Waals surface area contributed by atoms with Gasteiger partial charge in [-0.2, -0.15) is 0 Å². The molecule has 24 heavy (non-hydrogen) atoms. The highest BCUT2D eigenvalue weighted by molar-refractivity contribution is 6.74. The highest BCUT2D eigenvalue weighted by atomic mass is 28.4. The van der Waals surface area contributed by atoms with Crippen LogP contribution in [0.1, 0.15) is 33.6 Å². The van der Waals surface area contributed by atoms with Gasteiger partial charge in [-0.15, -0.1) is 0 Å². The predicted octanol–water partition coefficient (Wildman–Crippen LogP) is 4.20. The van der Waals surface area contributed by atoms with Gasteiger partial charge >= 0.3 is 5.97 Å². The van der Waals surface area contributed by atoms with E-state index in [2.05, 4.69) is 46.0 Å².